The standard InChI is InChI=1S/C26H26N4O3/c27-16-26(11-1-2-12-26)21-9-7-19(8-10-21)24-29-23(30-33-24)18-5-3-17(4-6-18)15-28-22-13-20(14-22)25(31)32/h3-10,20,22,28H,1-2,11-15H2,(H,31,32). The molecule has 3 aromatic rings. The third-order valence-corrected chi connectivity index (χ3v) is 7.08. The maximum absolute atomic E-state index is 10.9. The van der Waals surface area contributed by atoms with Crippen molar-refractivity contribution in [3.63, 3.8) is 0 Å². The van der Waals surface area contributed by atoms with Crippen molar-refractivity contribution in [2.24, 2.45) is 5.92 Å². The Morgan fingerprint density at radius 1 is 1.09 bits per heavy atom. The molecule has 0 aliphatic heterocycles. The van der Waals surface area contributed by atoms with Crippen molar-refractivity contribution in [2.45, 2.75) is 56.5 Å². The molecule has 2 fully saturated rings. The molecule has 5 rings (SSSR count). The van der Waals surface area contributed by atoms with Crippen LogP contribution in [0.2, 0.25) is 0 Å². The number of aliphatic carboxylic acids is 1. The second kappa shape index (κ2) is 8.80. The average molecular weight is 443 g/mol. The summed E-state index contributed by atoms with van der Waals surface area (Å²) in [6.07, 6.45) is 5.42. The summed E-state index contributed by atoms with van der Waals surface area (Å²) < 4.78 is 5.50. The van der Waals surface area contributed by atoms with Gasteiger partial charge in [-0.15, -0.1) is 0 Å². The van der Waals surface area contributed by atoms with Gasteiger partial charge < -0.3 is 14.9 Å². The van der Waals surface area contributed by atoms with Crippen LogP contribution in [-0.4, -0.2) is 27.3 Å². The molecule has 7 nitrogen and oxygen atoms in total. The van der Waals surface area contributed by atoms with Crippen molar-refractivity contribution >= 4 is 5.97 Å². The van der Waals surface area contributed by atoms with Gasteiger partial charge in [0.15, 0.2) is 0 Å². The Morgan fingerprint density at radius 2 is 1.76 bits per heavy atom. The Morgan fingerprint density at radius 3 is 2.39 bits per heavy atom. The van der Waals surface area contributed by atoms with Crippen LogP contribution < -0.4 is 5.32 Å². The summed E-state index contributed by atoms with van der Waals surface area (Å²) in [4.78, 5) is 15.5. The number of carboxylic acid groups (broad SMARTS) is 1. The lowest BCUT2D eigenvalue weighted by atomic mass is 9.80. The quantitative estimate of drug-likeness (QED) is 0.546. The van der Waals surface area contributed by atoms with E-state index in [0.29, 0.717) is 31.1 Å². The van der Waals surface area contributed by atoms with Crippen LogP contribution in [0.4, 0.5) is 0 Å². The maximum atomic E-state index is 10.9. The Hall–Kier alpha value is -3.50. The number of hydrogen-bond donors (Lipinski definition) is 2. The van der Waals surface area contributed by atoms with Crippen molar-refractivity contribution in [2.75, 3.05) is 0 Å². The highest BCUT2D eigenvalue weighted by atomic mass is 16.5. The number of rotatable bonds is 7. The maximum Gasteiger partial charge on any atom is 0.306 e. The monoisotopic (exact) mass is 442 g/mol. The minimum atomic E-state index is -0.701. The number of nitriles is 1. The first-order chi connectivity index (χ1) is 16.1. The summed E-state index contributed by atoms with van der Waals surface area (Å²) in [5.41, 5.74) is 3.54. The van der Waals surface area contributed by atoms with E-state index in [4.69, 9.17) is 9.63 Å². The van der Waals surface area contributed by atoms with Crippen LogP contribution in [-0.2, 0) is 16.8 Å². The van der Waals surface area contributed by atoms with Gasteiger partial charge in [-0.3, -0.25) is 4.79 Å². The first-order valence-corrected chi connectivity index (χ1v) is 11.5. The molecule has 0 radical (unpaired) electrons. The molecule has 0 unspecified atom stereocenters. The predicted octanol–water partition coefficient (Wildman–Crippen LogP) is 4.69. The summed E-state index contributed by atoms with van der Waals surface area (Å²) in [6.45, 7) is 0.700. The third-order valence-electron chi connectivity index (χ3n) is 7.08. The molecule has 0 spiro atoms. The van der Waals surface area contributed by atoms with Gasteiger partial charge in [0.1, 0.15) is 0 Å². The highest BCUT2D eigenvalue weighted by Crippen LogP contribution is 2.41. The van der Waals surface area contributed by atoms with E-state index >= 15 is 0 Å². The lowest BCUT2D eigenvalue weighted by Gasteiger charge is -2.33. The highest BCUT2D eigenvalue weighted by Gasteiger charge is 2.36. The normalized spacial score (nSPS) is 21.3. The minimum absolute atomic E-state index is 0.205. The Bertz CT molecular complexity index is 1170. The van der Waals surface area contributed by atoms with Crippen molar-refractivity contribution in [3.8, 4) is 28.9 Å². The van der Waals surface area contributed by atoms with E-state index in [1.807, 2.05) is 48.5 Å². The van der Waals surface area contributed by atoms with Crippen LogP contribution >= 0.6 is 0 Å². The fourth-order valence-corrected chi connectivity index (χ4v) is 4.85. The number of nitrogens with zero attached hydrogens (tertiary/aromatic N) is 3. The van der Waals surface area contributed by atoms with E-state index in [0.717, 1.165) is 47.9 Å². The second-order valence-corrected chi connectivity index (χ2v) is 9.18. The lowest BCUT2D eigenvalue weighted by Crippen LogP contribution is -2.43. The summed E-state index contributed by atoms with van der Waals surface area (Å²) in [5.74, 6) is 0.0790. The van der Waals surface area contributed by atoms with Gasteiger partial charge >= 0.3 is 5.97 Å². The van der Waals surface area contributed by atoms with E-state index in [1.165, 1.54) is 0 Å². The summed E-state index contributed by atoms with van der Waals surface area (Å²) in [5, 5.41) is 26.2. The van der Waals surface area contributed by atoms with Crippen molar-refractivity contribution in [3.05, 3.63) is 59.7 Å². The molecule has 1 aromatic heterocycles. The van der Waals surface area contributed by atoms with Gasteiger partial charge in [-0.1, -0.05) is 54.4 Å². The van der Waals surface area contributed by atoms with E-state index in [1.54, 1.807) is 0 Å². The van der Waals surface area contributed by atoms with E-state index < -0.39 is 5.97 Å². The minimum Gasteiger partial charge on any atom is -0.481 e. The molecule has 2 aliphatic carbocycles. The smallest absolute Gasteiger partial charge is 0.306 e. The predicted molar refractivity (Wildman–Crippen MR) is 122 cm³/mol. The summed E-state index contributed by atoms with van der Waals surface area (Å²) >= 11 is 0. The van der Waals surface area contributed by atoms with Crippen LogP contribution in [0.5, 0.6) is 0 Å². The third kappa shape index (κ3) is 4.27. The van der Waals surface area contributed by atoms with Gasteiger partial charge in [0.05, 0.1) is 17.4 Å². The molecule has 0 saturated heterocycles. The van der Waals surface area contributed by atoms with Crippen molar-refractivity contribution in [1.82, 2.24) is 15.5 Å². The van der Waals surface area contributed by atoms with Crippen LogP contribution in [0.25, 0.3) is 22.8 Å². The Balaban J connectivity index is 1.22. The van der Waals surface area contributed by atoms with Crippen molar-refractivity contribution < 1.29 is 14.4 Å². The number of benzene rings is 2. The van der Waals surface area contributed by atoms with E-state index in [2.05, 4.69) is 21.5 Å². The molecule has 0 bridgehead atoms. The Labute approximate surface area is 192 Å². The molecule has 0 amide bonds. The topological polar surface area (TPSA) is 112 Å². The first kappa shape index (κ1) is 21.4. The summed E-state index contributed by atoms with van der Waals surface area (Å²) in [6, 6.07) is 18.7. The average Bonchev–Trinajstić information content (AvgIpc) is 3.49. The fraction of sp³-hybridized carbons (Fsp3) is 0.385. The Kier molecular flexibility index (Phi) is 5.69. The van der Waals surface area contributed by atoms with Gasteiger partial charge in [0, 0.05) is 23.7 Å². The molecular weight excluding hydrogens is 416 g/mol. The molecule has 2 saturated carbocycles. The second-order valence-electron chi connectivity index (χ2n) is 9.18. The molecule has 1 heterocycles. The molecular formula is C26H26N4O3. The SMILES string of the molecule is N#CC1(c2ccc(-c3nc(-c4ccc(CNC5CC(C(=O)O)C5)cc4)no3)cc2)CCCC1. The van der Waals surface area contributed by atoms with E-state index in [9.17, 15) is 10.1 Å². The van der Waals surface area contributed by atoms with Gasteiger partial charge in [0.25, 0.3) is 5.89 Å². The fourth-order valence-electron chi connectivity index (χ4n) is 4.85. The number of nitrogens with one attached hydrogen (secondary N) is 1. The van der Waals surface area contributed by atoms with Crippen LogP contribution in [0.15, 0.2) is 53.1 Å². The van der Waals surface area contributed by atoms with Gasteiger partial charge in [0.2, 0.25) is 5.82 Å². The zero-order valence-corrected chi connectivity index (χ0v) is 18.3. The zero-order valence-electron chi connectivity index (χ0n) is 18.3. The van der Waals surface area contributed by atoms with Gasteiger partial charge in [-0.05, 0) is 48.9 Å². The zero-order chi connectivity index (χ0) is 22.8. The van der Waals surface area contributed by atoms with E-state index in [-0.39, 0.29) is 17.4 Å². The largest absolute Gasteiger partial charge is 0.481 e. The van der Waals surface area contributed by atoms with Gasteiger partial charge in [-0.25, -0.2) is 0 Å². The van der Waals surface area contributed by atoms with Gasteiger partial charge in [-0.2, -0.15) is 10.2 Å². The molecule has 0 atom stereocenters. The molecule has 7 heteroatoms. The number of carboxylic acids is 1. The van der Waals surface area contributed by atoms with Crippen molar-refractivity contribution in [1.29, 1.82) is 5.26 Å². The number of carbonyl (C=O) groups is 1. The lowest BCUT2D eigenvalue weighted by molar-refractivity contribution is -0.145. The van der Waals surface area contributed by atoms with Crippen LogP contribution in [0, 0.1) is 17.2 Å². The molecule has 33 heavy (non-hydrogen) atoms. The molecule has 168 valence electrons. The molecule has 2 aliphatic rings. The number of aromatic nitrogens is 2. The summed E-state index contributed by atoms with van der Waals surface area (Å²) in [7, 11) is 0. The molecule has 2 N–H and O–H groups in total. The van der Waals surface area contributed by atoms with Crippen LogP contribution in [0.1, 0.15) is 49.7 Å². The highest BCUT2D eigenvalue weighted by molar-refractivity contribution is 5.71. The molecule has 2 aromatic carbocycles. The van der Waals surface area contributed by atoms with Crippen LogP contribution in [0.3, 0.4) is 0 Å². The first-order valence-electron chi connectivity index (χ1n) is 11.5. The number of hydrogen-bond acceptors (Lipinski definition) is 6.